The summed E-state index contributed by atoms with van der Waals surface area (Å²) in [4.78, 5) is 9.87. The van der Waals surface area contributed by atoms with Gasteiger partial charge in [0.05, 0.1) is 0 Å². The Bertz CT molecular complexity index is 188. The summed E-state index contributed by atoms with van der Waals surface area (Å²) in [6, 6.07) is 0. The molecule has 0 aromatic heterocycles. The van der Waals surface area contributed by atoms with Crippen molar-refractivity contribution in [3.63, 3.8) is 0 Å². The van der Waals surface area contributed by atoms with Crippen LogP contribution in [0.1, 0.15) is 13.8 Å². The number of hydrogen-bond acceptors (Lipinski definition) is 2. The molecule has 0 fully saturated rings. The molecule has 0 rings (SSSR count). The molecule has 0 saturated heterocycles. The van der Waals surface area contributed by atoms with Gasteiger partial charge in [-0.05, 0) is 0 Å². The molecular weight excluding hydrogens is 177 g/mol. The first kappa shape index (κ1) is 11.2. The highest BCUT2D eigenvalue weighted by atomic mass is 19.3. The monoisotopic (exact) mass is 186 g/mol. The summed E-state index contributed by atoms with van der Waals surface area (Å²) in [7, 11) is 0. The number of carbonyl (C=O) groups is 1. The fraction of sp³-hybridized carbons (Fsp3) is 0.833. The molecule has 0 aliphatic carbocycles. The fourth-order valence-electron chi connectivity index (χ4n) is 0.525. The Hall–Kier alpha value is -0.780. The summed E-state index contributed by atoms with van der Waals surface area (Å²) in [6.45, 7) is 1.82. The van der Waals surface area contributed by atoms with Crippen LogP contribution in [0.25, 0.3) is 0 Å². The smallest absolute Gasteiger partial charge is 0.376 e. The second kappa shape index (κ2) is 2.93. The molecule has 3 nitrogen and oxygen atoms in total. The Labute approximate surface area is 66.8 Å². The van der Waals surface area contributed by atoms with Gasteiger partial charge in [0.2, 0.25) is 0 Å². The van der Waals surface area contributed by atoms with Gasteiger partial charge in [-0.2, -0.15) is 13.2 Å². The zero-order chi connectivity index (χ0) is 10.2. The second-order valence-corrected chi connectivity index (χ2v) is 2.70. The molecule has 2 N–H and O–H groups in total. The van der Waals surface area contributed by atoms with Crippen LogP contribution in [0.4, 0.5) is 13.2 Å². The highest BCUT2D eigenvalue weighted by Gasteiger charge is 2.61. The molecule has 0 bridgehead atoms. The van der Waals surface area contributed by atoms with E-state index in [2.05, 4.69) is 0 Å². The molecule has 1 atom stereocenters. The maximum atomic E-state index is 12.6. The maximum Gasteiger partial charge on any atom is 0.376 e. The van der Waals surface area contributed by atoms with Crippen molar-refractivity contribution in [2.45, 2.75) is 25.6 Å². The van der Waals surface area contributed by atoms with Crippen molar-refractivity contribution in [2.24, 2.45) is 5.92 Å². The lowest BCUT2D eigenvalue weighted by atomic mass is 9.99. The van der Waals surface area contributed by atoms with Gasteiger partial charge in [0.15, 0.2) is 0 Å². The van der Waals surface area contributed by atoms with Gasteiger partial charge < -0.3 is 10.2 Å². The van der Waals surface area contributed by atoms with E-state index in [0.717, 1.165) is 13.8 Å². The van der Waals surface area contributed by atoms with Crippen molar-refractivity contribution in [3.05, 3.63) is 0 Å². The topological polar surface area (TPSA) is 57.5 Å². The number of hydrogen-bond donors (Lipinski definition) is 2. The van der Waals surface area contributed by atoms with Crippen LogP contribution in [-0.4, -0.2) is 28.0 Å². The van der Waals surface area contributed by atoms with Crippen LogP contribution < -0.4 is 0 Å². The summed E-state index contributed by atoms with van der Waals surface area (Å²) in [5, 5.41) is 16.2. The summed E-state index contributed by atoms with van der Waals surface area (Å²) < 4.78 is 37.6. The molecule has 6 heteroatoms. The molecule has 12 heavy (non-hydrogen) atoms. The van der Waals surface area contributed by atoms with Crippen molar-refractivity contribution in [1.29, 1.82) is 0 Å². The third-order valence-electron chi connectivity index (χ3n) is 1.45. The van der Waals surface area contributed by atoms with E-state index in [0.29, 0.717) is 0 Å². The van der Waals surface area contributed by atoms with E-state index in [1.54, 1.807) is 0 Å². The third kappa shape index (κ3) is 1.52. The number of halogens is 3. The van der Waals surface area contributed by atoms with E-state index in [1.807, 2.05) is 0 Å². The van der Waals surface area contributed by atoms with Crippen molar-refractivity contribution < 1.29 is 28.2 Å². The van der Waals surface area contributed by atoms with Gasteiger partial charge in [0, 0.05) is 5.92 Å². The lowest BCUT2D eigenvalue weighted by Crippen LogP contribution is -2.53. The molecule has 0 aromatic carbocycles. The molecule has 1 unspecified atom stereocenters. The van der Waals surface area contributed by atoms with Crippen molar-refractivity contribution in [1.82, 2.24) is 0 Å². The largest absolute Gasteiger partial charge is 0.477 e. The Morgan fingerprint density at radius 1 is 1.33 bits per heavy atom. The van der Waals surface area contributed by atoms with Gasteiger partial charge in [-0.15, -0.1) is 0 Å². The standard InChI is InChI=1S/C6H9F3O3/c1-3(2)5(7,8)6(9,12)4(10)11/h3,12H,1-2H3,(H,10,11). The number of carboxylic acid groups (broad SMARTS) is 1. The number of carboxylic acids is 1. The maximum absolute atomic E-state index is 12.6. The molecule has 0 radical (unpaired) electrons. The van der Waals surface area contributed by atoms with Crippen LogP contribution >= 0.6 is 0 Å². The van der Waals surface area contributed by atoms with Crippen LogP contribution in [0.5, 0.6) is 0 Å². The predicted molar refractivity (Wildman–Crippen MR) is 33.5 cm³/mol. The van der Waals surface area contributed by atoms with E-state index in [9.17, 15) is 18.0 Å². The van der Waals surface area contributed by atoms with E-state index >= 15 is 0 Å². The molecular formula is C6H9F3O3. The predicted octanol–water partition coefficient (Wildman–Crippen LogP) is 1.02. The number of rotatable bonds is 3. The first-order valence-corrected chi connectivity index (χ1v) is 3.16. The Kier molecular flexibility index (Phi) is 2.74. The minimum absolute atomic E-state index is 0.910. The van der Waals surface area contributed by atoms with E-state index in [4.69, 9.17) is 10.2 Å². The van der Waals surface area contributed by atoms with Gasteiger partial charge in [-0.25, -0.2) is 4.79 Å². The van der Waals surface area contributed by atoms with Crippen LogP contribution in [0.3, 0.4) is 0 Å². The van der Waals surface area contributed by atoms with Crippen LogP contribution in [0, 0.1) is 5.92 Å². The molecule has 0 saturated carbocycles. The molecule has 0 aliphatic heterocycles. The minimum Gasteiger partial charge on any atom is -0.477 e. The van der Waals surface area contributed by atoms with Crippen LogP contribution in [0.15, 0.2) is 0 Å². The second-order valence-electron chi connectivity index (χ2n) is 2.70. The van der Waals surface area contributed by atoms with Crippen LogP contribution in [0.2, 0.25) is 0 Å². The fourth-order valence-corrected chi connectivity index (χ4v) is 0.525. The normalized spacial score (nSPS) is 17.6. The highest BCUT2D eigenvalue weighted by molar-refractivity contribution is 5.76. The Morgan fingerprint density at radius 2 is 1.67 bits per heavy atom. The molecule has 0 aromatic rings. The summed E-state index contributed by atoms with van der Waals surface area (Å²) in [5.74, 6) is -13.0. The average molecular weight is 186 g/mol. The first-order chi connectivity index (χ1) is 5.14. The molecule has 0 aliphatic rings. The number of alkyl halides is 3. The van der Waals surface area contributed by atoms with E-state index in [1.165, 1.54) is 0 Å². The SMILES string of the molecule is CC(C)C(F)(F)C(O)(F)C(=O)O. The Balaban J connectivity index is 4.88. The average Bonchev–Trinajstić information content (AvgIpc) is 1.86. The summed E-state index contributed by atoms with van der Waals surface area (Å²) in [5.41, 5.74) is 0. The van der Waals surface area contributed by atoms with E-state index in [-0.39, 0.29) is 0 Å². The third-order valence-corrected chi connectivity index (χ3v) is 1.45. The minimum atomic E-state index is -4.50. The van der Waals surface area contributed by atoms with Crippen molar-refractivity contribution in [3.8, 4) is 0 Å². The zero-order valence-corrected chi connectivity index (χ0v) is 6.51. The van der Waals surface area contributed by atoms with E-state index < -0.39 is 23.7 Å². The lowest BCUT2D eigenvalue weighted by Gasteiger charge is -2.27. The number of aliphatic hydroxyl groups is 1. The van der Waals surface area contributed by atoms with Gasteiger partial charge in [0.25, 0.3) is 0 Å². The molecule has 0 amide bonds. The molecule has 0 spiro atoms. The summed E-state index contributed by atoms with van der Waals surface area (Å²) >= 11 is 0. The van der Waals surface area contributed by atoms with Crippen molar-refractivity contribution >= 4 is 5.97 Å². The lowest BCUT2D eigenvalue weighted by molar-refractivity contribution is -0.268. The van der Waals surface area contributed by atoms with Gasteiger partial charge in [-0.3, -0.25) is 0 Å². The van der Waals surface area contributed by atoms with Crippen molar-refractivity contribution in [2.75, 3.05) is 0 Å². The molecule has 0 heterocycles. The first-order valence-electron chi connectivity index (χ1n) is 3.16. The number of aliphatic carboxylic acids is 1. The van der Waals surface area contributed by atoms with Crippen LogP contribution in [-0.2, 0) is 4.79 Å². The zero-order valence-electron chi connectivity index (χ0n) is 6.51. The summed E-state index contributed by atoms with van der Waals surface area (Å²) in [6.07, 6.45) is 0. The van der Waals surface area contributed by atoms with Gasteiger partial charge >= 0.3 is 17.7 Å². The Morgan fingerprint density at radius 3 is 1.75 bits per heavy atom. The quantitative estimate of drug-likeness (QED) is 0.691. The molecule has 72 valence electrons. The van der Waals surface area contributed by atoms with Gasteiger partial charge in [-0.1, -0.05) is 13.8 Å². The van der Waals surface area contributed by atoms with Gasteiger partial charge in [0.1, 0.15) is 0 Å². The highest BCUT2D eigenvalue weighted by Crippen LogP contribution is 2.36.